The number of carbonyl (C=O) groups excluding carboxylic acids is 1. The molecule has 0 aliphatic heterocycles. The summed E-state index contributed by atoms with van der Waals surface area (Å²) in [7, 11) is 0. The van der Waals surface area contributed by atoms with Crippen LogP contribution in [-0.4, -0.2) is 23.0 Å². The van der Waals surface area contributed by atoms with Gasteiger partial charge < -0.3 is 10.4 Å². The molecule has 4 aliphatic carbocycles. The van der Waals surface area contributed by atoms with Crippen molar-refractivity contribution in [3.05, 3.63) is 0 Å². The fourth-order valence-electron chi connectivity index (χ4n) is 8.90. The highest BCUT2D eigenvalue weighted by Gasteiger charge is 2.60. The average molecular weight is 404 g/mol. The number of hydrogen-bond donors (Lipinski definition) is 2. The Bertz CT molecular complexity index is 662. The Labute approximate surface area is 176 Å². The molecule has 4 heteroatoms. The van der Waals surface area contributed by atoms with E-state index in [1.807, 2.05) is 0 Å². The molecule has 4 rings (SSSR count). The van der Waals surface area contributed by atoms with Crippen LogP contribution < -0.4 is 5.32 Å². The largest absolute Gasteiger partial charge is 0.474 e. The molecule has 29 heavy (non-hydrogen) atoms. The Morgan fingerprint density at radius 2 is 1.69 bits per heavy atom. The molecular weight excluding hydrogens is 362 g/mol. The van der Waals surface area contributed by atoms with Crippen LogP contribution in [0.3, 0.4) is 0 Å². The lowest BCUT2D eigenvalue weighted by atomic mass is 9.44. The van der Waals surface area contributed by atoms with Gasteiger partial charge in [0.2, 0.25) is 0 Å². The normalized spacial score (nSPS) is 47.4. The third kappa shape index (κ3) is 3.33. The van der Waals surface area contributed by atoms with Gasteiger partial charge in [-0.1, -0.05) is 34.1 Å². The Morgan fingerprint density at radius 1 is 1.00 bits per heavy atom. The van der Waals surface area contributed by atoms with E-state index in [9.17, 15) is 9.59 Å². The summed E-state index contributed by atoms with van der Waals surface area (Å²) in [6.07, 6.45) is 12.6. The van der Waals surface area contributed by atoms with Crippen LogP contribution in [0, 0.1) is 46.3 Å². The monoisotopic (exact) mass is 403 g/mol. The summed E-state index contributed by atoms with van der Waals surface area (Å²) in [5.41, 5.74) is 0.926. The van der Waals surface area contributed by atoms with Gasteiger partial charge in [0.15, 0.2) is 0 Å². The number of amides is 1. The fourth-order valence-corrected chi connectivity index (χ4v) is 8.90. The average Bonchev–Trinajstić information content (AvgIpc) is 3.04. The molecule has 4 saturated carbocycles. The first-order chi connectivity index (χ1) is 13.7. The number of carbonyl (C=O) groups is 2. The molecule has 0 spiro atoms. The molecule has 9 atom stereocenters. The standard InChI is InChI=1S/C25H41NO3/c1-5-15(2)19-8-9-20-18-7-6-16-14-17(26-22(27)23(28)29)10-12-24(16,3)21(18)11-13-25(19,20)4/h15-21H,5-14H2,1-4H3,(H,26,27)(H,28,29)/t15?,16?,17-,18+,19?,20+,21+,24+,25-/m1/s1. The van der Waals surface area contributed by atoms with Gasteiger partial charge in [0, 0.05) is 6.04 Å². The van der Waals surface area contributed by atoms with E-state index in [0.29, 0.717) is 16.7 Å². The quantitative estimate of drug-likeness (QED) is 0.632. The summed E-state index contributed by atoms with van der Waals surface area (Å²) in [6, 6.07) is 0.0448. The predicted molar refractivity (Wildman–Crippen MR) is 114 cm³/mol. The van der Waals surface area contributed by atoms with Gasteiger partial charge in [0.1, 0.15) is 0 Å². The van der Waals surface area contributed by atoms with Crippen molar-refractivity contribution >= 4 is 11.9 Å². The van der Waals surface area contributed by atoms with Crippen molar-refractivity contribution in [2.45, 2.75) is 97.9 Å². The van der Waals surface area contributed by atoms with Crippen molar-refractivity contribution in [3.63, 3.8) is 0 Å². The predicted octanol–water partition coefficient (Wildman–Crippen LogP) is 5.26. The molecular formula is C25H41NO3. The van der Waals surface area contributed by atoms with Gasteiger partial charge in [-0.3, -0.25) is 4.79 Å². The summed E-state index contributed by atoms with van der Waals surface area (Å²) in [5, 5.41) is 11.7. The van der Waals surface area contributed by atoms with Crippen LogP contribution in [0.5, 0.6) is 0 Å². The molecule has 0 aromatic heterocycles. The second-order valence-electron chi connectivity index (χ2n) is 11.5. The second kappa shape index (κ2) is 7.57. The highest BCUT2D eigenvalue weighted by atomic mass is 16.4. The zero-order valence-electron chi connectivity index (χ0n) is 18.9. The summed E-state index contributed by atoms with van der Waals surface area (Å²) in [6.45, 7) is 10.0. The van der Waals surface area contributed by atoms with Crippen molar-refractivity contribution in [3.8, 4) is 0 Å². The van der Waals surface area contributed by atoms with E-state index in [1.165, 1.54) is 44.9 Å². The molecule has 0 radical (unpaired) electrons. The minimum Gasteiger partial charge on any atom is -0.474 e. The van der Waals surface area contributed by atoms with E-state index in [0.717, 1.165) is 48.9 Å². The number of rotatable bonds is 3. The lowest BCUT2D eigenvalue weighted by Gasteiger charge is -2.61. The first-order valence-corrected chi connectivity index (χ1v) is 12.2. The maximum atomic E-state index is 11.6. The Kier molecular flexibility index (Phi) is 5.53. The van der Waals surface area contributed by atoms with E-state index in [1.54, 1.807) is 0 Å². The molecule has 164 valence electrons. The summed E-state index contributed by atoms with van der Waals surface area (Å²) in [4.78, 5) is 22.6. The van der Waals surface area contributed by atoms with Crippen LogP contribution in [-0.2, 0) is 9.59 Å². The van der Waals surface area contributed by atoms with Crippen LogP contribution in [0.1, 0.15) is 91.9 Å². The smallest absolute Gasteiger partial charge is 0.394 e. The van der Waals surface area contributed by atoms with Crippen molar-refractivity contribution in [2.75, 3.05) is 0 Å². The molecule has 0 bridgehead atoms. The molecule has 2 N–H and O–H groups in total. The van der Waals surface area contributed by atoms with Crippen LogP contribution in [0.4, 0.5) is 0 Å². The van der Waals surface area contributed by atoms with E-state index in [-0.39, 0.29) is 6.04 Å². The van der Waals surface area contributed by atoms with Gasteiger partial charge in [-0.25, -0.2) is 4.79 Å². The second-order valence-corrected chi connectivity index (χ2v) is 11.5. The molecule has 0 saturated heterocycles. The van der Waals surface area contributed by atoms with Gasteiger partial charge in [-0.05, 0) is 104 Å². The minimum atomic E-state index is -1.36. The topological polar surface area (TPSA) is 66.4 Å². The number of carboxylic acids is 1. The van der Waals surface area contributed by atoms with Crippen molar-refractivity contribution < 1.29 is 14.7 Å². The number of fused-ring (bicyclic) bond motifs is 5. The van der Waals surface area contributed by atoms with Crippen molar-refractivity contribution in [1.29, 1.82) is 0 Å². The minimum absolute atomic E-state index is 0.0448. The van der Waals surface area contributed by atoms with Crippen LogP contribution in [0.25, 0.3) is 0 Å². The summed E-state index contributed by atoms with van der Waals surface area (Å²) < 4.78 is 0. The molecule has 1 amide bonds. The zero-order chi connectivity index (χ0) is 21.0. The maximum Gasteiger partial charge on any atom is 0.394 e. The van der Waals surface area contributed by atoms with Gasteiger partial charge in [-0.15, -0.1) is 0 Å². The van der Waals surface area contributed by atoms with Crippen LogP contribution in [0.2, 0.25) is 0 Å². The molecule has 4 aliphatic rings. The molecule has 4 nitrogen and oxygen atoms in total. The number of nitrogens with one attached hydrogen (secondary N) is 1. The van der Waals surface area contributed by atoms with E-state index in [2.05, 4.69) is 33.0 Å². The van der Waals surface area contributed by atoms with Crippen LogP contribution in [0.15, 0.2) is 0 Å². The molecule has 0 aromatic carbocycles. The van der Waals surface area contributed by atoms with E-state index >= 15 is 0 Å². The fraction of sp³-hybridized carbons (Fsp3) is 0.920. The van der Waals surface area contributed by atoms with Gasteiger partial charge in [0.05, 0.1) is 0 Å². The first-order valence-electron chi connectivity index (χ1n) is 12.2. The molecule has 0 heterocycles. The zero-order valence-corrected chi connectivity index (χ0v) is 18.9. The van der Waals surface area contributed by atoms with Crippen molar-refractivity contribution in [2.24, 2.45) is 46.3 Å². The van der Waals surface area contributed by atoms with E-state index in [4.69, 9.17) is 5.11 Å². The summed E-state index contributed by atoms with van der Waals surface area (Å²) >= 11 is 0. The SMILES string of the molecule is CCC(C)C1CC[C@H]2[C@@H]3CCC4C[C@H](NC(=O)C(=O)O)CC[C@]4(C)[C@H]3CC[C@]12C. The van der Waals surface area contributed by atoms with Gasteiger partial charge >= 0.3 is 11.9 Å². The van der Waals surface area contributed by atoms with E-state index < -0.39 is 11.9 Å². The van der Waals surface area contributed by atoms with Crippen molar-refractivity contribution in [1.82, 2.24) is 5.32 Å². The lowest BCUT2D eigenvalue weighted by Crippen LogP contribution is -2.56. The Balaban J connectivity index is 1.48. The van der Waals surface area contributed by atoms with Gasteiger partial charge in [0.25, 0.3) is 0 Å². The third-order valence-corrected chi connectivity index (χ3v) is 10.6. The summed E-state index contributed by atoms with van der Waals surface area (Å²) in [5.74, 6) is 2.82. The molecule has 4 fully saturated rings. The Morgan fingerprint density at radius 3 is 2.38 bits per heavy atom. The van der Waals surface area contributed by atoms with Crippen LogP contribution >= 0.6 is 0 Å². The molecule has 3 unspecified atom stereocenters. The van der Waals surface area contributed by atoms with Gasteiger partial charge in [-0.2, -0.15) is 0 Å². The number of hydrogen-bond acceptors (Lipinski definition) is 2. The number of aliphatic carboxylic acids is 1. The Hall–Kier alpha value is -1.06. The maximum absolute atomic E-state index is 11.6. The number of carboxylic acid groups (broad SMARTS) is 1. The lowest BCUT2D eigenvalue weighted by molar-refractivity contribution is -0.151. The third-order valence-electron chi connectivity index (χ3n) is 10.6. The first kappa shape index (κ1) is 21.2. The highest BCUT2D eigenvalue weighted by molar-refractivity contribution is 6.31. The molecule has 0 aromatic rings. The highest BCUT2D eigenvalue weighted by Crippen LogP contribution is 2.68.